The van der Waals surface area contributed by atoms with E-state index in [0.29, 0.717) is 4.47 Å². The Morgan fingerprint density at radius 3 is 2.59 bits per heavy atom. The molecule has 0 heterocycles. The van der Waals surface area contributed by atoms with Crippen LogP contribution in [0, 0.1) is 5.82 Å². The van der Waals surface area contributed by atoms with Crippen LogP contribution in [-0.2, 0) is 0 Å². The number of carbonyl (C=O) groups is 1. The Bertz CT molecular complexity index is 437. The molecule has 0 saturated heterocycles. The molecule has 0 unspecified atom stereocenters. The van der Waals surface area contributed by atoms with Gasteiger partial charge in [-0.05, 0) is 32.0 Å². The highest BCUT2D eigenvalue weighted by molar-refractivity contribution is 9.10. The fraction of sp³-hybridized carbons (Fsp3) is 0.417. The molecule has 17 heavy (non-hydrogen) atoms. The first-order valence-corrected chi connectivity index (χ1v) is 6.41. The van der Waals surface area contributed by atoms with Gasteiger partial charge in [0.1, 0.15) is 5.82 Å². The van der Waals surface area contributed by atoms with Crippen LogP contribution in [0.4, 0.5) is 4.39 Å². The van der Waals surface area contributed by atoms with E-state index in [9.17, 15) is 9.18 Å². The summed E-state index contributed by atoms with van der Waals surface area (Å²) >= 11 is 8.94. The quantitative estimate of drug-likeness (QED) is 0.777. The lowest BCUT2D eigenvalue weighted by molar-refractivity contribution is 0.0655. The third-order valence-electron chi connectivity index (χ3n) is 2.70. The maximum Gasteiger partial charge on any atom is 0.257 e. The van der Waals surface area contributed by atoms with Crippen molar-refractivity contribution in [3.05, 3.63) is 34.1 Å². The Kier molecular flexibility index (Phi) is 4.55. The van der Waals surface area contributed by atoms with Crippen molar-refractivity contribution in [2.24, 2.45) is 0 Å². The lowest BCUT2D eigenvalue weighted by Crippen LogP contribution is -2.46. The molecule has 94 valence electrons. The van der Waals surface area contributed by atoms with Gasteiger partial charge in [0, 0.05) is 17.4 Å². The van der Waals surface area contributed by atoms with Crippen LogP contribution in [0.1, 0.15) is 24.2 Å². The first kappa shape index (κ1) is 14.5. The molecule has 0 atom stereocenters. The van der Waals surface area contributed by atoms with Crippen LogP contribution in [0.25, 0.3) is 0 Å². The molecule has 0 saturated carbocycles. The molecule has 5 heteroatoms. The molecule has 0 aliphatic carbocycles. The van der Waals surface area contributed by atoms with Gasteiger partial charge < -0.3 is 4.90 Å². The van der Waals surface area contributed by atoms with E-state index in [1.165, 1.54) is 17.0 Å². The summed E-state index contributed by atoms with van der Waals surface area (Å²) in [5.74, 6) is -0.629. The molecule has 0 bridgehead atoms. The van der Waals surface area contributed by atoms with E-state index in [1.54, 1.807) is 13.1 Å². The number of hydrogen-bond donors (Lipinski definition) is 0. The molecular weight excluding hydrogens is 308 g/mol. The average Bonchev–Trinajstić information content (AvgIpc) is 2.27. The molecule has 0 aliphatic rings. The van der Waals surface area contributed by atoms with Crippen molar-refractivity contribution < 1.29 is 9.18 Å². The summed E-state index contributed by atoms with van der Waals surface area (Å²) in [6, 6.07) is 4.37. The average molecular weight is 323 g/mol. The van der Waals surface area contributed by atoms with Crippen molar-refractivity contribution in [1.29, 1.82) is 0 Å². The van der Waals surface area contributed by atoms with Crippen molar-refractivity contribution in [2.75, 3.05) is 12.9 Å². The van der Waals surface area contributed by atoms with Gasteiger partial charge in [0.05, 0.1) is 11.1 Å². The third-order valence-corrected chi connectivity index (χ3v) is 3.85. The van der Waals surface area contributed by atoms with E-state index in [2.05, 4.69) is 15.9 Å². The van der Waals surface area contributed by atoms with E-state index in [4.69, 9.17) is 11.6 Å². The standard InChI is InChI=1S/C12H14BrClFNO/c1-12(2,7-14)16(3)11(17)9-5-4-8(13)6-10(9)15/h4-6H,7H2,1-3H3. The lowest BCUT2D eigenvalue weighted by atomic mass is 10.0. The maximum atomic E-state index is 13.6. The molecule has 0 aromatic heterocycles. The Hall–Kier alpha value is -0.610. The largest absolute Gasteiger partial charge is 0.335 e. The Morgan fingerprint density at radius 1 is 1.53 bits per heavy atom. The summed E-state index contributed by atoms with van der Waals surface area (Å²) < 4.78 is 14.2. The van der Waals surface area contributed by atoms with Gasteiger partial charge in [-0.15, -0.1) is 11.6 Å². The van der Waals surface area contributed by atoms with Crippen LogP contribution in [0.5, 0.6) is 0 Å². The summed E-state index contributed by atoms with van der Waals surface area (Å²) in [6.07, 6.45) is 0. The topological polar surface area (TPSA) is 20.3 Å². The molecule has 1 aromatic rings. The van der Waals surface area contributed by atoms with Gasteiger partial charge in [-0.3, -0.25) is 4.79 Å². The molecule has 1 amide bonds. The maximum absolute atomic E-state index is 13.6. The monoisotopic (exact) mass is 321 g/mol. The zero-order chi connectivity index (χ0) is 13.2. The van der Waals surface area contributed by atoms with Crippen LogP contribution >= 0.6 is 27.5 Å². The Labute approximate surface area is 114 Å². The molecular formula is C12H14BrClFNO. The number of hydrogen-bond acceptors (Lipinski definition) is 1. The highest BCUT2D eigenvalue weighted by Gasteiger charge is 2.28. The highest BCUT2D eigenvalue weighted by Crippen LogP contribution is 2.21. The van der Waals surface area contributed by atoms with Gasteiger partial charge >= 0.3 is 0 Å². The summed E-state index contributed by atoms with van der Waals surface area (Å²) in [7, 11) is 1.62. The molecule has 0 radical (unpaired) electrons. The third kappa shape index (κ3) is 3.19. The number of carbonyl (C=O) groups excluding carboxylic acids is 1. The van der Waals surface area contributed by atoms with Gasteiger partial charge in [-0.2, -0.15) is 0 Å². The normalized spacial score (nSPS) is 11.4. The fourth-order valence-electron chi connectivity index (χ4n) is 1.21. The summed E-state index contributed by atoms with van der Waals surface area (Å²) in [5.41, 5.74) is -0.466. The number of rotatable bonds is 3. The first-order valence-electron chi connectivity index (χ1n) is 5.09. The number of nitrogens with zero attached hydrogens (tertiary/aromatic N) is 1. The van der Waals surface area contributed by atoms with Crippen LogP contribution in [0.3, 0.4) is 0 Å². The van der Waals surface area contributed by atoms with Crippen molar-refractivity contribution in [1.82, 2.24) is 4.90 Å². The van der Waals surface area contributed by atoms with Crippen LogP contribution in [0.2, 0.25) is 0 Å². The molecule has 0 N–H and O–H groups in total. The summed E-state index contributed by atoms with van der Waals surface area (Å²) in [6.45, 7) is 3.66. The highest BCUT2D eigenvalue weighted by atomic mass is 79.9. The smallest absolute Gasteiger partial charge is 0.257 e. The molecule has 0 aliphatic heterocycles. The van der Waals surface area contributed by atoms with Gasteiger partial charge in [-0.25, -0.2) is 4.39 Å². The van der Waals surface area contributed by atoms with E-state index in [0.717, 1.165) is 0 Å². The number of benzene rings is 1. The minimum Gasteiger partial charge on any atom is -0.335 e. The van der Waals surface area contributed by atoms with Gasteiger partial charge in [0.2, 0.25) is 0 Å². The number of halogens is 3. The van der Waals surface area contributed by atoms with Gasteiger partial charge in [0.15, 0.2) is 0 Å². The predicted molar refractivity (Wildman–Crippen MR) is 71.0 cm³/mol. The van der Waals surface area contributed by atoms with Gasteiger partial charge in [0.25, 0.3) is 5.91 Å². The SMILES string of the molecule is CN(C(=O)c1ccc(Br)cc1F)C(C)(C)CCl. The summed E-state index contributed by atoms with van der Waals surface area (Å²) in [5, 5.41) is 0. The van der Waals surface area contributed by atoms with Crippen molar-refractivity contribution >= 4 is 33.4 Å². The Morgan fingerprint density at radius 2 is 2.12 bits per heavy atom. The zero-order valence-corrected chi connectivity index (χ0v) is 12.3. The lowest BCUT2D eigenvalue weighted by Gasteiger charge is -2.34. The van der Waals surface area contributed by atoms with Gasteiger partial charge in [-0.1, -0.05) is 15.9 Å². The van der Waals surface area contributed by atoms with E-state index >= 15 is 0 Å². The van der Waals surface area contributed by atoms with E-state index < -0.39 is 11.4 Å². The first-order chi connectivity index (χ1) is 7.79. The van der Waals surface area contributed by atoms with Crippen LogP contribution < -0.4 is 0 Å². The fourth-order valence-corrected chi connectivity index (χ4v) is 1.72. The van der Waals surface area contributed by atoms with Crippen LogP contribution in [0.15, 0.2) is 22.7 Å². The Balaban J connectivity index is 3.05. The second-order valence-corrected chi connectivity index (χ2v) is 5.62. The molecule has 0 fully saturated rings. The second kappa shape index (κ2) is 5.36. The van der Waals surface area contributed by atoms with Crippen LogP contribution in [-0.4, -0.2) is 29.3 Å². The summed E-state index contributed by atoms with van der Waals surface area (Å²) in [4.78, 5) is 13.5. The molecule has 0 spiro atoms. The number of alkyl halides is 1. The predicted octanol–water partition coefficient (Wildman–Crippen LogP) is 3.68. The minimum atomic E-state index is -0.540. The molecule has 1 aromatic carbocycles. The molecule has 2 nitrogen and oxygen atoms in total. The minimum absolute atomic E-state index is 0.0499. The van der Waals surface area contributed by atoms with E-state index in [-0.39, 0.29) is 17.4 Å². The number of amides is 1. The van der Waals surface area contributed by atoms with E-state index in [1.807, 2.05) is 13.8 Å². The van der Waals surface area contributed by atoms with Crippen molar-refractivity contribution in [3.8, 4) is 0 Å². The molecule has 1 rings (SSSR count). The van der Waals surface area contributed by atoms with Crippen molar-refractivity contribution in [3.63, 3.8) is 0 Å². The second-order valence-electron chi connectivity index (χ2n) is 4.43. The van der Waals surface area contributed by atoms with Crippen molar-refractivity contribution in [2.45, 2.75) is 19.4 Å². The zero-order valence-electron chi connectivity index (χ0n) is 9.93.